The van der Waals surface area contributed by atoms with Crippen LogP contribution in [0.2, 0.25) is 0 Å². The number of Topliss-reactive ketones (excluding diaryl/α,β-unsaturated/α-hetero) is 1. The average molecular weight is 219 g/mol. The maximum atomic E-state index is 11.4. The number of hydrogen-bond donors (Lipinski definition) is 1. The van der Waals surface area contributed by atoms with Crippen LogP contribution in [0.15, 0.2) is 30.3 Å². The van der Waals surface area contributed by atoms with Crippen molar-refractivity contribution in [1.29, 1.82) is 0 Å². The molecule has 1 amide bonds. The number of hydrogen-bond acceptors (Lipinski definition) is 2. The minimum atomic E-state index is -0.546. The first-order valence-corrected chi connectivity index (χ1v) is 5.43. The van der Waals surface area contributed by atoms with E-state index in [1.54, 1.807) is 6.92 Å². The highest BCUT2D eigenvalue weighted by atomic mass is 16.2. The van der Waals surface area contributed by atoms with Crippen molar-refractivity contribution in [2.24, 2.45) is 5.92 Å². The third-order valence-electron chi connectivity index (χ3n) is 2.56. The van der Waals surface area contributed by atoms with Crippen molar-refractivity contribution in [1.82, 2.24) is 5.32 Å². The molecule has 0 radical (unpaired) electrons. The molecule has 16 heavy (non-hydrogen) atoms. The molecule has 0 aromatic heterocycles. The normalized spacial score (nSPS) is 11.9. The molecule has 0 aliphatic rings. The monoisotopic (exact) mass is 219 g/mol. The van der Waals surface area contributed by atoms with Crippen LogP contribution in [-0.4, -0.2) is 18.2 Å². The molecule has 1 aromatic carbocycles. The number of carbonyl (C=O) groups is 2. The molecule has 3 heteroatoms. The number of rotatable bonds is 5. The molecule has 1 rings (SSSR count). The summed E-state index contributed by atoms with van der Waals surface area (Å²) < 4.78 is 0. The Morgan fingerprint density at radius 2 is 1.88 bits per heavy atom. The van der Waals surface area contributed by atoms with Crippen LogP contribution in [0.1, 0.15) is 19.4 Å². The number of benzene rings is 1. The van der Waals surface area contributed by atoms with E-state index in [0.29, 0.717) is 6.54 Å². The fraction of sp³-hybridized carbons (Fsp3) is 0.385. The van der Waals surface area contributed by atoms with Gasteiger partial charge in [0.2, 0.25) is 5.91 Å². The van der Waals surface area contributed by atoms with E-state index in [1.165, 1.54) is 12.5 Å². The zero-order chi connectivity index (χ0) is 12.0. The quantitative estimate of drug-likeness (QED) is 0.764. The molecule has 3 nitrogen and oxygen atoms in total. The van der Waals surface area contributed by atoms with Gasteiger partial charge in [-0.1, -0.05) is 30.3 Å². The second-order valence-corrected chi connectivity index (χ2v) is 3.86. The first-order chi connectivity index (χ1) is 7.61. The summed E-state index contributed by atoms with van der Waals surface area (Å²) in [7, 11) is 0. The summed E-state index contributed by atoms with van der Waals surface area (Å²) in [5, 5.41) is 2.75. The minimum Gasteiger partial charge on any atom is -0.355 e. The van der Waals surface area contributed by atoms with Crippen LogP contribution >= 0.6 is 0 Å². The first kappa shape index (κ1) is 12.4. The van der Waals surface area contributed by atoms with Crippen molar-refractivity contribution < 1.29 is 9.59 Å². The van der Waals surface area contributed by atoms with Crippen molar-refractivity contribution >= 4 is 11.7 Å². The predicted octanol–water partition coefficient (Wildman–Crippen LogP) is 1.57. The van der Waals surface area contributed by atoms with Gasteiger partial charge in [0, 0.05) is 6.54 Å². The third-order valence-corrected chi connectivity index (χ3v) is 2.56. The Kier molecular flexibility index (Phi) is 4.70. The van der Waals surface area contributed by atoms with Crippen LogP contribution in [0.25, 0.3) is 0 Å². The molecule has 0 bridgehead atoms. The van der Waals surface area contributed by atoms with E-state index >= 15 is 0 Å². The van der Waals surface area contributed by atoms with Crippen molar-refractivity contribution in [3.8, 4) is 0 Å². The maximum Gasteiger partial charge on any atom is 0.230 e. The Balaban J connectivity index is 2.31. The van der Waals surface area contributed by atoms with E-state index in [1.807, 2.05) is 30.3 Å². The average Bonchev–Trinajstić information content (AvgIpc) is 2.29. The SMILES string of the molecule is CC(=O)C(C)C(=O)NCCc1ccccc1. The molecule has 0 spiro atoms. The Morgan fingerprint density at radius 3 is 2.44 bits per heavy atom. The van der Waals surface area contributed by atoms with Crippen molar-refractivity contribution in [3.05, 3.63) is 35.9 Å². The Morgan fingerprint density at radius 1 is 1.25 bits per heavy atom. The zero-order valence-corrected chi connectivity index (χ0v) is 9.69. The van der Waals surface area contributed by atoms with Gasteiger partial charge in [0.15, 0.2) is 0 Å². The molecule has 1 unspecified atom stereocenters. The lowest BCUT2D eigenvalue weighted by Crippen LogP contribution is -2.33. The maximum absolute atomic E-state index is 11.4. The molecule has 86 valence electrons. The van der Waals surface area contributed by atoms with E-state index in [4.69, 9.17) is 0 Å². The molecule has 0 saturated heterocycles. The standard InChI is InChI=1S/C13H17NO2/c1-10(11(2)15)13(16)14-9-8-12-6-4-3-5-7-12/h3-7,10H,8-9H2,1-2H3,(H,14,16). The second-order valence-electron chi connectivity index (χ2n) is 3.86. The largest absolute Gasteiger partial charge is 0.355 e. The van der Waals surface area contributed by atoms with E-state index in [9.17, 15) is 9.59 Å². The zero-order valence-electron chi connectivity index (χ0n) is 9.69. The molecular weight excluding hydrogens is 202 g/mol. The van der Waals surface area contributed by atoms with Gasteiger partial charge in [0.05, 0.1) is 5.92 Å². The second kappa shape index (κ2) is 6.05. The lowest BCUT2D eigenvalue weighted by molar-refractivity contribution is -0.132. The van der Waals surface area contributed by atoms with Crippen LogP contribution in [0.3, 0.4) is 0 Å². The molecule has 0 fully saturated rings. The van der Waals surface area contributed by atoms with Crippen LogP contribution in [0, 0.1) is 5.92 Å². The molecule has 1 atom stereocenters. The Labute approximate surface area is 95.9 Å². The third kappa shape index (κ3) is 3.85. The van der Waals surface area contributed by atoms with Crippen molar-refractivity contribution in [2.75, 3.05) is 6.54 Å². The first-order valence-electron chi connectivity index (χ1n) is 5.43. The van der Waals surface area contributed by atoms with Gasteiger partial charge in [0.1, 0.15) is 5.78 Å². The van der Waals surface area contributed by atoms with Gasteiger partial charge < -0.3 is 5.32 Å². The van der Waals surface area contributed by atoms with Gasteiger partial charge >= 0.3 is 0 Å². The number of nitrogens with one attached hydrogen (secondary N) is 1. The van der Waals surface area contributed by atoms with Crippen LogP contribution < -0.4 is 5.32 Å². The molecule has 0 aliphatic carbocycles. The predicted molar refractivity (Wildman–Crippen MR) is 63.0 cm³/mol. The summed E-state index contributed by atoms with van der Waals surface area (Å²) in [5.74, 6) is -0.837. The molecule has 1 N–H and O–H groups in total. The summed E-state index contributed by atoms with van der Waals surface area (Å²) in [5.41, 5.74) is 1.18. The van der Waals surface area contributed by atoms with Crippen molar-refractivity contribution in [3.63, 3.8) is 0 Å². The van der Waals surface area contributed by atoms with E-state index in [-0.39, 0.29) is 11.7 Å². The summed E-state index contributed by atoms with van der Waals surface area (Å²) >= 11 is 0. The van der Waals surface area contributed by atoms with Crippen LogP contribution in [-0.2, 0) is 16.0 Å². The van der Waals surface area contributed by atoms with Gasteiger partial charge in [-0.25, -0.2) is 0 Å². The van der Waals surface area contributed by atoms with E-state index in [0.717, 1.165) is 6.42 Å². The summed E-state index contributed by atoms with van der Waals surface area (Å²) in [6.45, 7) is 3.63. The fourth-order valence-corrected chi connectivity index (χ4v) is 1.31. The Bertz CT molecular complexity index is 359. The molecule has 1 aromatic rings. The van der Waals surface area contributed by atoms with Gasteiger partial charge in [-0.05, 0) is 25.8 Å². The van der Waals surface area contributed by atoms with Gasteiger partial charge in [-0.15, -0.1) is 0 Å². The van der Waals surface area contributed by atoms with E-state index < -0.39 is 5.92 Å². The molecule has 0 aliphatic heterocycles. The highest BCUT2D eigenvalue weighted by molar-refractivity contribution is 5.99. The van der Waals surface area contributed by atoms with Crippen molar-refractivity contribution in [2.45, 2.75) is 20.3 Å². The minimum absolute atomic E-state index is 0.0998. The summed E-state index contributed by atoms with van der Waals surface area (Å²) in [6.07, 6.45) is 0.789. The lowest BCUT2D eigenvalue weighted by Gasteiger charge is -2.08. The number of amides is 1. The molecule has 0 heterocycles. The topological polar surface area (TPSA) is 46.2 Å². The smallest absolute Gasteiger partial charge is 0.230 e. The highest BCUT2D eigenvalue weighted by Gasteiger charge is 2.16. The highest BCUT2D eigenvalue weighted by Crippen LogP contribution is 1.99. The van der Waals surface area contributed by atoms with Gasteiger partial charge in [-0.2, -0.15) is 0 Å². The Hall–Kier alpha value is -1.64. The van der Waals surface area contributed by atoms with Crippen LogP contribution in [0.4, 0.5) is 0 Å². The fourth-order valence-electron chi connectivity index (χ4n) is 1.31. The summed E-state index contributed by atoms with van der Waals surface area (Å²) in [4.78, 5) is 22.4. The number of ketones is 1. The van der Waals surface area contributed by atoms with Crippen LogP contribution in [0.5, 0.6) is 0 Å². The molecular formula is C13H17NO2. The lowest BCUT2D eigenvalue weighted by atomic mass is 10.1. The van der Waals surface area contributed by atoms with E-state index in [2.05, 4.69) is 5.32 Å². The summed E-state index contributed by atoms with van der Waals surface area (Å²) in [6, 6.07) is 9.92. The number of carbonyl (C=O) groups excluding carboxylic acids is 2. The molecule has 0 saturated carbocycles. The van der Waals surface area contributed by atoms with Gasteiger partial charge in [0.25, 0.3) is 0 Å². The van der Waals surface area contributed by atoms with Gasteiger partial charge in [-0.3, -0.25) is 9.59 Å².